The summed E-state index contributed by atoms with van der Waals surface area (Å²) in [5.41, 5.74) is 3.45. The minimum absolute atomic E-state index is 0.105. The first-order chi connectivity index (χ1) is 13.2. The molecule has 0 amide bonds. The highest BCUT2D eigenvalue weighted by Gasteiger charge is 2.31. The van der Waals surface area contributed by atoms with Gasteiger partial charge in [-0.3, -0.25) is 0 Å². The number of aliphatic hydroxyl groups excluding tert-OH is 1. The summed E-state index contributed by atoms with van der Waals surface area (Å²) in [6, 6.07) is 13.3. The van der Waals surface area contributed by atoms with Gasteiger partial charge in [-0.2, -0.15) is 4.98 Å². The number of hydrogen-bond acceptors (Lipinski definition) is 6. The van der Waals surface area contributed by atoms with Gasteiger partial charge in [0.05, 0.1) is 23.2 Å². The lowest BCUT2D eigenvalue weighted by atomic mass is 10.1. The predicted molar refractivity (Wildman–Crippen MR) is 102 cm³/mol. The summed E-state index contributed by atoms with van der Waals surface area (Å²) in [7, 11) is 0. The molecule has 0 saturated carbocycles. The molecule has 0 spiro atoms. The van der Waals surface area contributed by atoms with Crippen molar-refractivity contribution in [3.05, 3.63) is 69.9 Å². The fraction of sp³-hybridized carbons (Fsp3) is 0.150. The molecule has 5 rings (SSSR count). The number of fused-ring (bicyclic) bond motifs is 2. The Morgan fingerprint density at radius 2 is 2.07 bits per heavy atom. The normalized spacial score (nSPS) is 20.4. The number of nitrogens with zero attached hydrogens (tertiary/aromatic N) is 3. The Balaban J connectivity index is 1.45. The number of aliphatic imine (C=N–C) groups is 1. The highest BCUT2D eigenvalue weighted by molar-refractivity contribution is 5.67. The molecule has 2 atom stereocenters. The van der Waals surface area contributed by atoms with Crippen LogP contribution in [0.15, 0.2) is 52.4 Å². The standard InChI is InChI=1S/C20H17N5O2/c26-17-9-12-3-1-2-4-13(12)18(17)24-20-23-16(19(27)25-20)8-11-5-6-14-15(7-11)22-10-21-14/h1-8,10,17-18,26-27H,9H2,(H2,23,24,25)/t17-,18-/m0/s1. The smallest absolute Gasteiger partial charge is 0.238 e. The number of H-pyrrole nitrogens is 1. The summed E-state index contributed by atoms with van der Waals surface area (Å²) in [5.74, 6) is 0.306. The van der Waals surface area contributed by atoms with E-state index in [2.05, 4.69) is 25.3 Å². The topological polar surface area (TPSA) is 106 Å². The third-order valence-electron chi connectivity index (χ3n) is 4.91. The van der Waals surface area contributed by atoms with Crippen molar-refractivity contribution in [1.29, 1.82) is 0 Å². The maximum absolute atomic E-state index is 10.4. The van der Waals surface area contributed by atoms with Gasteiger partial charge in [0.25, 0.3) is 0 Å². The van der Waals surface area contributed by atoms with E-state index in [1.165, 1.54) is 6.34 Å². The average Bonchev–Trinajstić information content (AvgIpc) is 3.34. The number of rotatable bonds is 3. The van der Waals surface area contributed by atoms with E-state index >= 15 is 0 Å². The fourth-order valence-corrected chi connectivity index (χ4v) is 3.60. The molecule has 0 bridgehead atoms. The summed E-state index contributed by atoms with van der Waals surface area (Å²) in [4.78, 5) is 15.6. The van der Waals surface area contributed by atoms with Crippen molar-refractivity contribution in [1.82, 2.24) is 9.97 Å². The molecule has 134 valence electrons. The van der Waals surface area contributed by atoms with Gasteiger partial charge in [0.15, 0.2) is 0 Å². The molecular weight excluding hydrogens is 342 g/mol. The van der Waals surface area contributed by atoms with Gasteiger partial charge < -0.3 is 20.5 Å². The molecule has 1 aromatic heterocycles. The number of aromatic nitrogens is 2. The zero-order valence-electron chi connectivity index (χ0n) is 14.3. The maximum Gasteiger partial charge on any atom is 0.238 e. The first kappa shape index (κ1) is 15.8. The Labute approximate surface area is 154 Å². The van der Waals surface area contributed by atoms with Crippen molar-refractivity contribution in [2.45, 2.75) is 18.6 Å². The van der Waals surface area contributed by atoms with Crippen molar-refractivity contribution in [3.8, 4) is 5.88 Å². The Morgan fingerprint density at radius 1 is 1.19 bits per heavy atom. The van der Waals surface area contributed by atoms with Crippen LogP contribution in [0.5, 0.6) is 5.88 Å². The molecule has 2 aromatic carbocycles. The maximum atomic E-state index is 10.4. The second kappa shape index (κ2) is 6.07. The van der Waals surface area contributed by atoms with Gasteiger partial charge >= 0.3 is 0 Å². The molecule has 1 aliphatic carbocycles. The lowest BCUT2D eigenvalue weighted by Crippen LogP contribution is -2.21. The quantitative estimate of drug-likeness (QED) is 0.566. The van der Waals surface area contributed by atoms with E-state index in [0.717, 1.165) is 27.4 Å². The summed E-state index contributed by atoms with van der Waals surface area (Å²) in [6.45, 7) is 0. The van der Waals surface area contributed by atoms with Gasteiger partial charge in [-0.25, -0.2) is 9.98 Å². The van der Waals surface area contributed by atoms with Crippen molar-refractivity contribution in [2.24, 2.45) is 9.98 Å². The van der Waals surface area contributed by atoms with Crippen LogP contribution in [0.2, 0.25) is 0 Å². The molecule has 2 heterocycles. The van der Waals surface area contributed by atoms with E-state index in [4.69, 9.17) is 0 Å². The molecule has 0 unspecified atom stereocenters. The second-order valence-electron chi connectivity index (χ2n) is 6.68. The lowest BCUT2D eigenvalue weighted by Gasteiger charge is -2.17. The molecule has 7 nitrogen and oxygen atoms in total. The Bertz CT molecular complexity index is 1180. The number of aliphatic hydroxyl groups is 1. The molecule has 7 heteroatoms. The van der Waals surface area contributed by atoms with Crippen LogP contribution in [-0.2, 0) is 6.42 Å². The van der Waals surface area contributed by atoms with Crippen LogP contribution >= 0.6 is 0 Å². The number of benzene rings is 2. The van der Waals surface area contributed by atoms with Gasteiger partial charge in [0.1, 0.15) is 12.0 Å². The van der Waals surface area contributed by atoms with Crippen LogP contribution in [0, 0.1) is 0 Å². The van der Waals surface area contributed by atoms with Crippen molar-refractivity contribution >= 4 is 24.1 Å². The van der Waals surface area contributed by atoms with Crippen LogP contribution in [0.1, 0.15) is 22.9 Å². The van der Waals surface area contributed by atoms with E-state index in [1.807, 2.05) is 42.5 Å². The Morgan fingerprint density at radius 3 is 3.00 bits per heavy atom. The number of nitrogens with one attached hydrogen (secondary N) is 2. The summed E-state index contributed by atoms with van der Waals surface area (Å²) >= 11 is 0. The Kier molecular flexibility index (Phi) is 3.54. The highest BCUT2D eigenvalue weighted by Crippen LogP contribution is 2.34. The molecule has 0 saturated heterocycles. The molecule has 3 aromatic rings. The number of aromatic hydroxyl groups is 1. The fourth-order valence-electron chi connectivity index (χ4n) is 3.60. The van der Waals surface area contributed by atoms with E-state index in [0.29, 0.717) is 18.1 Å². The molecule has 2 aliphatic rings. The van der Waals surface area contributed by atoms with Crippen molar-refractivity contribution in [2.75, 3.05) is 5.32 Å². The minimum atomic E-state index is -0.541. The number of anilines is 1. The molecular formula is C20H17N5O2. The summed E-state index contributed by atoms with van der Waals surface area (Å²) in [5, 5.41) is 25.5. The summed E-state index contributed by atoms with van der Waals surface area (Å²) < 4.78 is 0. The third-order valence-corrected chi connectivity index (χ3v) is 4.91. The van der Waals surface area contributed by atoms with Crippen LogP contribution in [-0.4, -0.2) is 32.6 Å². The van der Waals surface area contributed by atoms with Crippen LogP contribution in [0.4, 0.5) is 11.6 Å². The number of imidazole rings is 1. The molecule has 4 N–H and O–H groups in total. The van der Waals surface area contributed by atoms with Crippen LogP contribution in [0.3, 0.4) is 0 Å². The first-order valence-electron chi connectivity index (χ1n) is 8.71. The van der Waals surface area contributed by atoms with E-state index in [9.17, 15) is 10.2 Å². The monoisotopic (exact) mass is 359 g/mol. The number of aromatic amines is 1. The van der Waals surface area contributed by atoms with Crippen molar-refractivity contribution in [3.63, 3.8) is 0 Å². The largest absolute Gasteiger partial charge is 0.492 e. The predicted octanol–water partition coefficient (Wildman–Crippen LogP) is 1.31. The molecule has 0 radical (unpaired) electrons. The molecule has 27 heavy (non-hydrogen) atoms. The van der Waals surface area contributed by atoms with E-state index < -0.39 is 6.10 Å². The highest BCUT2D eigenvalue weighted by atomic mass is 16.3. The van der Waals surface area contributed by atoms with Gasteiger partial charge in [0.2, 0.25) is 11.8 Å². The van der Waals surface area contributed by atoms with E-state index in [1.54, 1.807) is 6.08 Å². The zero-order valence-corrected chi connectivity index (χ0v) is 14.3. The van der Waals surface area contributed by atoms with Crippen LogP contribution < -0.4 is 15.9 Å². The lowest BCUT2D eigenvalue weighted by molar-refractivity contribution is 0.165. The van der Waals surface area contributed by atoms with Gasteiger partial charge in [0, 0.05) is 6.42 Å². The van der Waals surface area contributed by atoms with Gasteiger partial charge in [-0.05, 0) is 34.6 Å². The van der Waals surface area contributed by atoms with Gasteiger partial charge in [-0.1, -0.05) is 30.3 Å². The SMILES string of the molecule is Oc1nc(N[C@H]2c3ccccc3C[C@@H]2O)[nH]c1C=c1ccc2c(c1)N=CN=2. The minimum Gasteiger partial charge on any atom is -0.492 e. The van der Waals surface area contributed by atoms with Crippen LogP contribution in [0.25, 0.3) is 6.08 Å². The van der Waals surface area contributed by atoms with Gasteiger partial charge in [-0.15, -0.1) is 0 Å². The van der Waals surface area contributed by atoms with E-state index in [-0.39, 0.29) is 11.9 Å². The second-order valence-corrected chi connectivity index (χ2v) is 6.68. The summed E-state index contributed by atoms with van der Waals surface area (Å²) in [6.07, 6.45) is 3.37. The molecule has 1 aliphatic heterocycles. The van der Waals surface area contributed by atoms with Crippen molar-refractivity contribution < 1.29 is 10.2 Å². The first-order valence-corrected chi connectivity index (χ1v) is 8.71. The molecule has 0 fully saturated rings. The number of hydrogen-bond donors (Lipinski definition) is 4. The third kappa shape index (κ3) is 2.78. The Hall–Kier alpha value is -3.45. The average molecular weight is 359 g/mol. The zero-order chi connectivity index (χ0) is 18.4.